The summed E-state index contributed by atoms with van der Waals surface area (Å²) in [7, 11) is -2.69. The molecule has 0 saturated heterocycles. The molecule has 0 fully saturated rings. The second-order valence-electron chi connectivity index (χ2n) is 13.3. The molecule has 1 radical (unpaired) electrons. The van der Waals surface area contributed by atoms with Gasteiger partial charge < -0.3 is 10.1 Å². The van der Waals surface area contributed by atoms with E-state index in [4.69, 9.17) is 4.98 Å². The average molecular weight is 779 g/mol. The van der Waals surface area contributed by atoms with E-state index < -0.39 is 16.1 Å². The molecule has 0 atom stereocenters. The Morgan fingerprint density at radius 3 is 1.98 bits per heavy atom. The summed E-state index contributed by atoms with van der Waals surface area (Å²) in [6, 6.07) is 18.0. The standard InChI is InChI=1S/C23H28NSi2.C13H24O2.Ir/c1-16-11-17(2)13-19(12-16)23-20-15-22-21(14-18(20)7-8-24-23)25(3,4)9-10-26(22,5)6;1-5-10(6-2)12(14)9-13(15)11(7-3)8-4;/h7-8,11-12,14-15H,9-10H2,1-6H3;9-11,14H,5-8H2,1-4H3;/q-1;;/b;12-9-;. The summed E-state index contributed by atoms with van der Waals surface area (Å²) in [5.74, 6) is 0.547. The molecule has 1 aliphatic rings. The van der Waals surface area contributed by atoms with Crippen molar-refractivity contribution >= 4 is 43.1 Å². The number of allylic oxidation sites excluding steroid dienone is 2. The molecule has 2 aromatic carbocycles. The van der Waals surface area contributed by atoms with Gasteiger partial charge in [0.05, 0.1) is 21.9 Å². The Kier molecular flexibility index (Phi) is 13.2. The maximum absolute atomic E-state index is 11.7. The molecule has 0 spiro atoms. The molecule has 2 heterocycles. The Morgan fingerprint density at radius 2 is 1.45 bits per heavy atom. The zero-order chi connectivity index (χ0) is 30.5. The summed E-state index contributed by atoms with van der Waals surface area (Å²) < 4.78 is 0. The Hall–Kier alpha value is -1.86. The van der Waals surface area contributed by atoms with Gasteiger partial charge in [-0.25, -0.2) is 0 Å². The number of rotatable bonds is 8. The first kappa shape index (κ1) is 36.3. The number of hydrogen-bond acceptors (Lipinski definition) is 3. The number of ketones is 1. The molecule has 3 nitrogen and oxygen atoms in total. The monoisotopic (exact) mass is 779 g/mol. The van der Waals surface area contributed by atoms with Crippen LogP contribution in [0, 0.1) is 31.7 Å². The minimum atomic E-state index is -1.37. The smallest absolute Gasteiger partial charge is 0.162 e. The predicted octanol–water partition coefficient (Wildman–Crippen LogP) is 9.03. The first-order valence-corrected chi connectivity index (χ1v) is 22.1. The summed E-state index contributed by atoms with van der Waals surface area (Å²) in [6.45, 7) is 22.5. The van der Waals surface area contributed by atoms with Crippen LogP contribution in [0.5, 0.6) is 0 Å². The molecule has 1 aliphatic heterocycles. The van der Waals surface area contributed by atoms with Crippen LogP contribution in [0.1, 0.15) is 64.5 Å². The van der Waals surface area contributed by atoms with Crippen LogP contribution in [0.15, 0.2) is 48.4 Å². The topological polar surface area (TPSA) is 50.2 Å². The van der Waals surface area contributed by atoms with Gasteiger partial charge in [-0.1, -0.05) is 102 Å². The molecule has 231 valence electrons. The number of carbonyl (C=O) groups excluding carboxylic acids is 1. The Labute approximate surface area is 271 Å². The number of benzene rings is 2. The van der Waals surface area contributed by atoms with E-state index in [1.807, 2.05) is 33.9 Å². The number of aryl methyl sites for hydroxylation is 2. The third kappa shape index (κ3) is 8.40. The second-order valence-corrected chi connectivity index (χ2v) is 22.9. The number of aromatic nitrogens is 1. The maximum Gasteiger partial charge on any atom is 0.162 e. The van der Waals surface area contributed by atoms with Crippen molar-refractivity contribution in [1.29, 1.82) is 0 Å². The van der Waals surface area contributed by atoms with Crippen molar-refractivity contribution < 1.29 is 30.0 Å². The largest absolute Gasteiger partial charge is 0.512 e. The van der Waals surface area contributed by atoms with Gasteiger partial charge in [-0.3, -0.25) is 4.79 Å². The van der Waals surface area contributed by atoms with E-state index in [0.717, 1.165) is 36.9 Å². The Bertz CT molecular complexity index is 1380. The van der Waals surface area contributed by atoms with Crippen LogP contribution >= 0.6 is 0 Å². The minimum absolute atomic E-state index is 0. The van der Waals surface area contributed by atoms with Crippen LogP contribution < -0.4 is 10.4 Å². The normalized spacial score (nSPS) is 15.6. The molecule has 0 amide bonds. The maximum atomic E-state index is 11.7. The first-order valence-electron chi connectivity index (χ1n) is 15.7. The number of aliphatic hydroxyl groups excluding tert-OH is 1. The van der Waals surface area contributed by atoms with Gasteiger partial charge in [0, 0.05) is 44.2 Å². The van der Waals surface area contributed by atoms with Crippen molar-refractivity contribution in [2.45, 2.75) is 106 Å². The van der Waals surface area contributed by atoms with E-state index in [2.05, 4.69) is 76.4 Å². The Morgan fingerprint density at radius 1 is 0.905 bits per heavy atom. The summed E-state index contributed by atoms with van der Waals surface area (Å²) in [6.07, 6.45) is 6.87. The first-order chi connectivity index (χ1) is 19.3. The van der Waals surface area contributed by atoms with Crippen LogP contribution in [0.4, 0.5) is 0 Å². The Balaban J connectivity index is 0.000000334. The summed E-state index contributed by atoms with van der Waals surface area (Å²) in [4.78, 5) is 16.5. The molecule has 3 aromatic rings. The number of hydrogen-bond donors (Lipinski definition) is 1. The van der Waals surface area contributed by atoms with Gasteiger partial charge in [-0.15, -0.1) is 34.9 Å². The summed E-state index contributed by atoms with van der Waals surface area (Å²) in [5, 5.41) is 15.8. The number of fused-ring (bicyclic) bond motifs is 2. The zero-order valence-corrected chi connectivity index (χ0v) is 32.0. The molecule has 42 heavy (non-hydrogen) atoms. The van der Waals surface area contributed by atoms with Gasteiger partial charge >= 0.3 is 0 Å². The van der Waals surface area contributed by atoms with Gasteiger partial charge in [0.15, 0.2) is 5.78 Å². The molecule has 0 bridgehead atoms. The van der Waals surface area contributed by atoms with Crippen molar-refractivity contribution in [3.05, 3.63) is 65.6 Å². The fourth-order valence-corrected chi connectivity index (χ4v) is 16.5. The van der Waals surface area contributed by atoms with Gasteiger partial charge in [-0.05, 0) is 48.2 Å². The van der Waals surface area contributed by atoms with E-state index in [0.29, 0.717) is 0 Å². The van der Waals surface area contributed by atoms with Crippen LogP contribution in [0.25, 0.3) is 22.0 Å². The zero-order valence-electron chi connectivity index (χ0n) is 27.6. The average Bonchev–Trinajstić information content (AvgIpc) is 2.91. The molecule has 6 heteroatoms. The number of nitrogens with zero attached hydrogens (tertiary/aromatic N) is 1. The predicted molar refractivity (Wildman–Crippen MR) is 183 cm³/mol. The van der Waals surface area contributed by atoms with E-state index in [9.17, 15) is 9.90 Å². The van der Waals surface area contributed by atoms with Crippen molar-refractivity contribution in [1.82, 2.24) is 4.98 Å². The van der Waals surface area contributed by atoms with Crippen molar-refractivity contribution in [2.75, 3.05) is 0 Å². The number of carbonyl (C=O) groups is 1. The van der Waals surface area contributed by atoms with Gasteiger partial charge in [-0.2, -0.15) is 0 Å². The van der Waals surface area contributed by atoms with Crippen LogP contribution in [0.2, 0.25) is 38.3 Å². The van der Waals surface area contributed by atoms with Crippen molar-refractivity contribution in [3.63, 3.8) is 0 Å². The van der Waals surface area contributed by atoms with E-state index in [-0.39, 0.29) is 43.5 Å². The molecule has 0 saturated carbocycles. The van der Waals surface area contributed by atoms with Crippen molar-refractivity contribution in [2.24, 2.45) is 11.8 Å². The van der Waals surface area contributed by atoms with Crippen LogP contribution in [-0.2, 0) is 24.9 Å². The van der Waals surface area contributed by atoms with E-state index in [1.54, 1.807) is 10.4 Å². The molecule has 1 N–H and O–H groups in total. The molecule has 1 aromatic heterocycles. The quantitative estimate of drug-likeness (QED) is 0.108. The third-order valence-corrected chi connectivity index (χ3v) is 16.7. The van der Waals surface area contributed by atoms with Crippen LogP contribution in [-0.4, -0.2) is 32.0 Å². The second kappa shape index (κ2) is 15.2. The SMILES string of the molecule is CCC(CC)C(=O)/C=C(\O)C(CC)CC.Cc1[c-]c(-c2nccc3cc4c(cc23)[Si](C)(C)CC[Si]4(C)C)cc(C)c1.[Ir]. The fourth-order valence-electron chi connectivity index (χ4n) is 6.25. The fraction of sp³-hybridized carbons (Fsp3) is 0.500. The van der Waals surface area contributed by atoms with E-state index >= 15 is 0 Å². The number of pyridine rings is 1. The summed E-state index contributed by atoms with van der Waals surface area (Å²) >= 11 is 0. The van der Waals surface area contributed by atoms with Gasteiger partial charge in [0.25, 0.3) is 0 Å². The molecular weight excluding hydrogens is 727 g/mol. The summed E-state index contributed by atoms with van der Waals surface area (Å²) in [5.41, 5.74) is 4.67. The minimum Gasteiger partial charge on any atom is -0.512 e. The third-order valence-electron chi connectivity index (χ3n) is 9.22. The number of aliphatic hydroxyl groups is 1. The molecule has 0 unspecified atom stereocenters. The van der Waals surface area contributed by atoms with Crippen LogP contribution in [0.3, 0.4) is 0 Å². The molecular formula is C36H52IrNO2Si2-. The van der Waals surface area contributed by atoms with Gasteiger partial charge in [0.2, 0.25) is 0 Å². The van der Waals surface area contributed by atoms with Crippen molar-refractivity contribution in [3.8, 4) is 11.3 Å². The molecule has 4 rings (SSSR count). The van der Waals surface area contributed by atoms with E-state index in [1.165, 1.54) is 40.1 Å². The molecule has 0 aliphatic carbocycles. The van der Waals surface area contributed by atoms with Gasteiger partial charge in [0.1, 0.15) is 0 Å².